The van der Waals surface area contributed by atoms with E-state index in [1.54, 1.807) is 44.2 Å². The smallest absolute Gasteiger partial charge is 0.337 e. The Balaban J connectivity index is 2.41. The van der Waals surface area contributed by atoms with Crippen molar-refractivity contribution in [2.45, 2.75) is 26.1 Å². The third-order valence-corrected chi connectivity index (χ3v) is 2.12. The summed E-state index contributed by atoms with van der Waals surface area (Å²) in [6.45, 7) is 3.21. The molecule has 1 aromatic carbocycles. The largest absolute Gasteiger partial charge is 0.461 e. The summed E-state index contributed by atoms with van der Waals surface area (Å²) in [4.78, 5) is 22.9. The molecule has 2 N–H and O–H groups in total. The number of benzene rings is 1. The van der Waals surface area contributed by atoms with E-state index in [2.05, 4.69) is 5.32 Å². The van der Waals surface area contributed by atoms with E-state index in [-0.39, 0.29) is 18.6 Å². The monoisotopic (exact) mass is 251 g/mol. The molecule has 0 saturated heterocycles. The van der Waals surface area contributed by atoms with Gasteiger partial charge in [-0.25, -0.2) is 4.79 Å². The highest BCUT2D eigenvalue weighted by atomic mass is 16.6. The predicted octanol–water partition coefficient (Wildman–Crippen LogP) is 0.729. The van der Waals surface area contributed by atoms with Gasteiger partial charge in [0.05, 0.1) is 12.6 Å². The number of carbonyl (C=O) groups excluding carboxylic acids is 2. The van der Waals surface area contributed by atoms with Crippen LogP contribution in [0.1, 0.15) is 24.2 Å². The van der Waals surface area contributed by atoms with Crippen LogP contribution in [0.5, 0.6) is 0 Å². The first-order valence-electron chi connectivity index (χ1n) is 5.72. The van der Waals surface area contributed by atoms with Crippen molar-refractivity contribution >= 4 is 11.9 Å². The molecule has 0 aromatic heterocycles. The molecule has 5 nitrogen and oxygen atoms in total. The van der Waals surface area contributed by atoms with Crippen molar-refractivity contribution in [3.05, 3.63) is 35.9 Å². The molecule has 0 saturated carbocycles. The highest BCUT2D eigenvalue weighted by Crippen LogP contribution is 1.98. The maximum absolute atomic E-state index is 11.6. The zero-order chi connectivity index (χ0) is 13.5. The molecule has 0 aliphatic heterocycles. The zero-order valence-electron chi connectivity index (χ0n) is 10.4. The van der Waals surface area contributed by atoms with E-state index in [9.17, 15) is 14.7 Å². The van der Waals surface area contributed by atoms with Gasteiger partial charge in [0.15, 0.2) is 6.10 Å². The maximum atomic E-state index is 11.6. The first-order chi connectivity index (χ1) is 8.50. The number of hydrogen-bond donors (Lipinski definition) is 2. The molecule has 1 amide bonds. The average Bonchev–Trinajstić information content (AvgIpc) is 2.35. The van der Waals surface area contributed by atoms with Crippen molar-refractivity contribution in [3.8, 4) is 0 Å². The van der Waals surface area contributed by atoms with E-state index in [4.69, 9.17) is 4.74 Å². The van der Waals surface area contributed by atoms with Gasteiger partial charge in [0.1, 0.15) is 0 Å². The van der Waals surface area contributed by atoms with Crippen LogP contribution in [0.2, 0.25) is 0 Å². The summed E-state index contributed by atoms with van der Waals surface area (Å²) in [6.07, 6.45) is -1.64. The Labute approximate surface area is 106 Å². The zero-order valence-corrected chi connectivity index (χ0v) is 10.4. The van der Waals surface area contributed by atoms with Crippen molar-refractivity contribution in [3.63, 3.8) is 0 Å². The first-order valence-corrected chi connectivity index (χ1v) is 5.72. The molecular formula is C13H17NO4. The number of aliphatic hydroxyl groups is 1. The van der Waals surface area contributed by atoms with Crippen molar-refractivity contribution in [1.82, 2.24) is 5.32 Å². The molecule has 1 rings (SSSR count). The van der Waals surface area contributed by atoms with Gasteiger partial charge in [0.25, 0.3) is 5.91 Å². The lowest BCUT2D eigenvalue weighted by Gasteiger charge is -2.13. The van der Waals surface area contributed by atoms with E-state index < -0.39 is 12.1 Å². The molecule has 0 heterocycles. The molecule has 18 heavy (non-hydrogen) atoms. The lowest BCUT2D eigenvalue weighted by Crippen LogP contribution is -2.38. The van der Waals surface area contributed by atoms with Crippen LogP contribution in [-0.2, 0) is 9.53 Å². The molecule has 1 atom stereocenters. The van der Waals surface area contributed by atoms with Crippen LogP contribution < -0.4 is 5.32 Å². The number of esters is 1. The molecule has 0 fully saturated rings. The second-order valence-corrected chi connectivity index (χ2v) is 4.08. The second kappa shape index (κ2) is 6.76. The summed E-state index contributed by atoms with van der Waals surface area (Å²) in [5.74, 6) is -1.08. The summed E-state index contributed by atoms with van der Waals surface area (Å²) < 4.78 is 4.81. The number of ether oxygens (including phenoxy) is 1. The fourth-order valence-corrected chi connectivity index (χ4v) is 1.28. The lowest BCUT2D eigenvalue weighted by molar-refractivity contribution is -0.156. The Morgan fingerprint density at radius 2 is 1.89 bits per heavy atom. The molecule has 0 radical (unpaired) electrons. The third kappa shape index (κ3) is 4.55. The standard InChI is InChI=1S/C13H17NO4/c1-9(2)18-13(17)11(15)8-14-12(16)10-6-4-3-5-7-10/h3-7,9,11,15H,8H2,1-2H3,(H,14,16). The summed E-state index contributed by atoms with van der Waals surface area (Å²) in [6, 6.07) is 8.56. The third-order valence-electron chi connectivity index (χ3n) is 2.12. The first kappa shape index (κ1) is 14.2. The highest BCUT2D eigenvalue weighted by molar-refractivity contribution is 5.94. The number of aliphatic hydroxyl groups excluding tert-OH is 1. The number of carbonyl (C=O) groups is 2. The molecule has 0 spiro atoms. The molecule has 98 valence electrons. The summed E-state index contributed by atoms with van der Waals surface area (Å²) >= 11 is 0. The normalized spacial score (nSPS) is 12.0. The SMILES string of the molecule is CC(C)OC(=O)C(O)CNC(=O)c1ccccc1. The van der Waals surface area contributed by atoms with Gasteiger partial charge in [0, 0.05) is 5.56 Å². The van der Waals surface area contributed by atoms with Crippen LogP contribution in [0.15, 0.2) is 30.3 Å². The fraction of sp³-hybridized carbons (Fsp3) is 0.385. The molecule has 1 unspecified atom stereocenters. The minimum absolute atomic E-state index is 0.167. The quantitative estimate of drug-likeness (QED) is 0.756. The molecule has 1 aromatic rings. The Morgan fingerprint density at radius 3 is 2.44 bits per heavy atom. The van der Waals surface area contributed by atoms with Gasteiger partial charge in [0.2, 0.25) is 0 Å². The van der Waals surface area contributed by atoms with Crippen LogP contribution in [0.25, 0.3) is 0 Å². The van der Waals surface area contributed by atoms with Crippen molar-refractivity contribution < 1.29 is 19.4 Å². The highest BCUT2D eigenvalue weighted by Gasteiger charge is 2.18. The van der Waals surface area contributed by atoms with E-state index >= 15 is 0 Å². The molecule has 5 heteroatoms. The minimum Gasteiger partial charge on any atom is -0.461 e. The number of rotatable bonds is 5. The van der Waals surface area contributed by atoms with E-state index in [0.717, 1.165) is 0 Å². The van der Waals surface area contributed by atoms with Gasteiger partial charge in [-0.05, 0) is 26.0 Å². The molecule has 0 bridgehead atoms. The summed E-state index contributed by atoms with van der Waals surface area (Å²) in [5, 5.41) is 11.9. The molecular weight excluding hydrogens is 234 g/mol. The van der Waals surface area contributed by atoms with Gasteiger partial charge in [-0.15, -0.1) is 0 Å². The number of amides is 1. The van der Waals surface area contributed by atoms with Crippen LogP contribution >= 0.6 is 0 Å². The number of hydrogen-bond acceptors (Lipinski definition) is 4. The van der Waals surface area contributed by atoms with Gasteiger partial charge in [-0.3, -0.25) is 4.79 Å². The number of nitrogens with one attached hydrogen (secondary N) is 1. The molecule has 0 aliphatic rings. The fourth-order valence-electron chi connectivity index (χ4n) is 1.28. The lowest BCUT2D eigenvalue weighted by atomic mass is 10.2. The predicted molar refractivity (Wildman–Crippen MR) is 66.0 cm³/mol. The van der Waals surface area contributed by atoms with Gasteiger partial charge >= 0.3 is 5.97 Å². The van der Waals surface area contributed by atoms with Gasteiger partial charge in [-0.2, -0.15) is 0 Å². The Kier molecular flexibility index (Phi) is 5.32. The van der Waals surface area contributed by atoms with Gasteiger partial charge < -0.3 is 15.2 Å². The summed E-state index contributed by atoms with van der Waals surface area (Å²) in [5.41, 5.74) is 0.474. The van der Waals surface area contributed by atoms with Crippen LogP contribution in [0.4, 0.5) is 0 Å². The second-order valence-electron chi connectivity index (χ2n) is 4.08. The van der Waals surface area contributed by atoms with Crippen LogP contribution in [0, 0.1) is 0 Å². The average molecular weight is 251 g/mol. The van der Waals surface area contributed by atoms with E-state index in [1.165, 1.54) is 0 Å². The van der Waals surface area contributed by atoms with Crippen molar-refractivity contribution in [2.24, 2.45) is 0 Å². The Hall–Kier alpha value is -1.88. The van der Waals surface area contributed by atoms with Crippen molar-refractivity contribution in [2.75, 3.05) is 6.54 Å². The maximum Gasteiger partial charge on any atom is 0.337 e. The Bertz CT molecular complexity index is 403. The van der Waals surface area contributed by atoms with Crippen LogP contribution in [-0.4, -0.2) is 35.7 Å². The van der Waals surface area contributed by atoms with Crippen molar-refractivity contribution in [1.29, 1.82) is 0 Å². The van der Waals surface area contributed by atoms with E-state index in [0.29, 0.717) is 5.56 Å². The summed E-state index contributed by atoms with van der Waals surface area (Å²) in [7, 11) is 0. The molecule has 0 aliphatic carbocycles. The van der Waals surface area contributed by atoms with Gasteiger partial charge in [-0.1, -0.05) is 18.2 Å². The van der Waals surface area contributed by atoms with E-state index in [1.807, 2.05) is 0 Å². The minimum atomic E-state index is -1.35. The Morgan fingerprint density at radius 1 is 1.28 bits per heavy atom. The van der Waals surface area contributed by atoms with Crippen LogP contribution in [0.3, 0.4) is 0 Å². The topological polar surface area (TPSA) is 75.6 Å².